The van der Waals surface area contributed by atoms with Crippen molar-refractivity contribution in [3.05, 3.63) is 169 Å². The molecule has 1 aromatic heterocycles. The van der Waals surface area contributed by atoms with Crippen molar-refractivity contribution in [2.45, 2.75) is 92.8 Å². The van der Waals surface area contributed by atoms with Crippen LogP contribution in [0.3, 0.4) is 0 Å². The van der Waals surface area contributed by atoms with Gasteiger partial charge in [-0.25, -0.2) is 0 Å². The standard InChI is InChI=1S/C35H31Cl3N6O5.C30H31N3O8S3/c1-5-28(49-29-14-9-19(2)15-20(29)3)34(46)39-24-8-6-7-21(16-24)33(45)40-32-30(42-41-23-10-12-25(48-4)13-11-23)35(47)44(43-32)31-26(37)17-22(36)18-27(31)38;1-14-7-8-21(16(3)9-14)40-13-24(35)31-19-12-20(34)15(2)10-22(19)41-23-11-17(4)27(26(37)25(23)36)43-30-33-32-29(44-30)42-18(5)28(38)39-6/h6-18,28,30H,5H2,1-4H3,(H,39,46)(H,40,43,45);7-12,18,34,36-37H,13H2,1-6H3,(H,31,35). The number of amidine groups is 1. The zero-order valence-electron chi connectivity index (χ0n) is 51.6. The Morgan fingerprint density at radius 3 is 2.03 bits per heavy atom. The van der Waals surface area contributed by atoms with Crippen LogP contribution in [-0.2, 0) is 23.9 Å². The lowest BCUT2D eigenvalue weighted by Crippen LogP contribution is -2.39. The van der Waals surface area contributed by atoms with Crippen molar-refractivity contribution in [3.63, 3.8) is 0 Å². The van der Waals surface area contributed by atoms with E-state index in [-0.39, 0.29) is 73.6 Å². The zero-order valence-corrected chi connectivity index (χ0v) is 56.3. The number of aromatic nitrogens is 2. The predicted octanol–water partition coefficient (Wildman–Crippen LogP) is 14.8. The number of carbonyl (C=O) groups is 5. The van der Waals surface area contributed by atoms with Crippen LogP contribution < -0.4 is 39.9 Å². The molecule has 3 unspecified atom stereocenters. The summed E-state index contributed by atoms with van der Waals surface area (Å²) < 4.78 is 28.6. The van der Waals surface area contributed by atoms with Gasteiger partial charge in [-0.15, -0.1) is 15.3 Å². The molecule has 0 aliphatic carbocycles. The number of esters is 1. The Kier molecular flexibility index (Phi) is 23.6. The molecule has 93 heavy (non-hydrogen) atoms. The van der Waals surface area contributed by atoms with E-state index in [1.807, 2.05) is 65.0 Å². The molecule has 3 atom stereocenters. The van der Waals surface area contributed by atoms with Crippen molar-refractivity contribution < 1.29 is 63.0 Å². The van der Waals surface area contributed by atoms with Crippen LogP contribution >= 0.6 is 69.7 Å². The number of phenolic OH excluding ortho intramolecular Hbond substituents is 3. The topological polar surface area (TPSA) is 294 Å². The van der Waals surface area contributed by atoms with Gasteiger partial charge in [0.2, 0.25) is 11.8 Å². The fourth-order valence-electron chi connectivity index (χ4n) is 8.82. The summed E-state index contributed by atoms with van der Waals surface area (Å²) in [5, 5.41) is 62.0. The summed E-state index contributed by atoms with van der Waals surface area (Å²) in [6.07, 6.45) is -0.357. The number of hydrogen-bond donors (Lipinski definition) is 6. The first-order valence-electron chi connectivity index (χ1n) is 28.2. The molecule has 0 saturated heterocycles. The minimum atomic E-state index is -1.36. The number of halogens is 3. The molecule has 4 amide bonds. The summed E-state index contributed by atoms with van der Waals surface area (Å²) in [4.78, 5) is 65.2. The number of anilines is 3. The number of phenols is 3. The number of amides is 4. The first-order valence-corrected chi connectivity index (χ1v) is 31.9. The summed E-state index contributed by atoms with van der Waals surface area (Å²) in [5.74, 6) is -1.87. The Hall–Kier alpha value is -9.11. The fraction of sp³-hybridized carbons (Fsp3) is 0.231. The van der Waals surface area contributed by atoms with E-state index >= 15 is 0 Å². The quantitative estimate of drug-likeness (QED) is 0.0169. The van der Waals surface area contributed by atoms with Crippen molar-refractivity contribution in [1.82, 2.24) is 15.5 Å². The highest BCUT2D eigenvalue weighted by molar-refractivity contribution is 8.04. The molecule has 0 radical (unpaired) electrons. The maximum absolute atomic E-state index is 13.7. The van der Waals surface area contributed by atoms with E-state index in [2.05, 4.69) is 41.5 Å². The second-order valence-electron chi connectivity index (χ2n) is 20.8. The van der Waals surface area contributed by atoms with E-state index in [4.69, 9.17) is 58.5 Å². The Labute approximate surface area is 562 Å². The average molecular weight is 1380 g/mol. The van der Waals surface area contributed by atoms with Crippen LogP contribution in [-0.4, -0.2) is 99.2 Å². The van der Waals surface area contributed by atoms with Crippen LogP contribution in [0.25, 0.3) is 0 Å². The van der Waals surface area contributed by atoms with Crippen LogP contribution in [0.15, 0.2) is 144 Å². The van der Waals surface area contributed by atoms with E-state index in [0.29, 0.717) is 59.7 Å². The maximum Gasteiger partial charge on any atom is 0.318 e. The molecule has 0 saturated carbocycles. The number of hydrogen-bond acceptors (Lipinski definition) is 21. The van der Waals surface area contributed by atoms with Gasteiger partial charge in [0.15, 0.2) is 44.5 Å². The summed E-state index contributed by atoms with van der Waals surface area (Å²) >= 11 is 22.4. The highest BCUT2D eigenvalue weighted by Crippen LogP contribution is 2.50. The van der Waals surface area contributed by atoms with Gasteiger partial charge >= 0.3 is 5.97 Å². The number of azo groups is 1. The molecule has 7 aromatic carbocycles. The number of nitrogens with one attached hydrogen (secondary N) is 3. The van der Waals surface area contributed by atoms with Crippen LogP contribution in [0.1, 0.15) is 64.0 Å². The normalized spacial score (nSPS) is 13.3. The molecule has 0 fully saturated rings. The molecule has 2 heterocycles. The minimum absolute atomic E-state index is 0.0587. The number of carbonyl (C=O) groups excluding carboxylic acids is 5. The van der Waals surface area contributed by atoms with Gasteiger partial charge in [0.05, 0.1) is 40.5 Å². The Morgan fingerprint density at radius 1 is 0.731 bits per heavy atom. The third kappa shape index (κ3) is 17.9. The van der Waals surface area contributed by atoms with Crippen molar-refractivity contribution >= 4 is 128 Å². The summed E-state index contributed by atoms with van der Waals surface area (Å²) in [6, 6.07) is 30.2. The predicted molar refractivity (Wildman–Crippen MR) is 360 cm³/mol. The first kappa shape index (κ1) is 69.8. The molecule has 484 valence electrons. The van der Waals surface area contributed by atoms with Gasteiger partial charge in [0, 0.05) is 22.3 Å². The van der Waals surface area contributed by atoms with Crippen molar-refractivity contribution in [1.29, 1.82) is 0 Å². The number of rotatable bonds is 21. The van der Waals surface area contributed by atoms with Crippen LogP contribution in [0.2, 0.25) is 15.1 Å². The van der Waals surface area contributed by atoms with Crippen molar-refractivity contribution in [2.75, 3.05) is 36.5 Å². The van der Waals surface area contributed by atoms with Crippen LogP contribution in [0.4, 0.5) is 22.7 Å². The van der Waals surface area contributed by atoms with Gasteiger partial charge in [-0.1, -0.05) is 118 Å². The zero-order chi connectivity index (χ0) is 67.4. The molecule has 0 spiro atoms. The SMILES string of the molecule is CCC(Oc1ccc(C)cc1C)C(=O)Nc1cccc(C(=O)NC2=NN(c3c(Cl)cc(Cl)cc3Cl)C(=O)C2N=Nc2ccc(OC)cc2)c1.COC(=O)C(C)Sc1nnc(Sc2c(C)cc(Oc3cc(C)c(O)cc3NC(=O)COc3ccc(C)cc3C)c(O)c2O)s1. The third-order valence-electron chi connectivity index (χ3n) is 13.6. The highest BCUT2D eigenvalue weighted by Gasteiger charge is 2.40. The lowest BCUT2D eigenvalue weighted by molar-refractivity contribution is -0.139. The summed E-state index contributed by atoms with van der Waals surface area (Å²) in [5.41, 5.74) is 6.15. The van der Waals surface area contributed by atoms with Gasteiger partial charge in [0.25, 0.3) is 23.6 Å². The van der Waals surface area contributed by atoms with Crippen molar-refractivity contribution in [3.8, 4) is 46.0 Å². The van der Waals surface area contributed by atoms with Gasteiger partial charge in [-0.3, -0.25) is 24.0 Å². The van der Waals surface area contributed by atoms with E-state index in [0.717, 1.165) is 39.0 Å². The maximum atomic E-state index is 13.7. The van der Waals surface area contributed by atoms with E-state index in [1.165, 1.54) is 73.7 Å². The summed E-state index contributed by atoms with van der Waals surface area (Å²) in [6.45, 7) is 14.4. The molecule has 9 rings (SSSR count). The second-order valence-corrected chi connectivity index (χ2v) is 25.8. The molecule has 8 aromatic rings. The van der Waals surface area contributed by atoms with Crippen molar-refractivity contribution in [2.24, 2.45) is 15.3 Å². The lowest BCUT2D eigenvalue weighted by atomic mass is 10.1. The number of methoxy groups -OCH3 is 2. The highest BCUT2D eigenvalue weighted by atomic mass is 35.5. The van der Waals surface area contributed by atoms with E-state index in [9.17, 15) is 39.3 Å². The Morgan fingerprint density at radius 2 is 1.39 bits per heavy atom. The average Bonchev–Trinajstić information content (AvgIpc) is 1.79. The molecule has 28 heteroatoms. The number of benzene rings is 7. The van der Waals surface area contributed by atoms with Crippen LogP contribution in [0, 0.1) is 41.5 Å². The molecule has 6 N–H and O–H groups in total. The fourth-order valence-corrected chi connectivity index (χ4v) is 13.0. The molecule has 1 aliphatic heterocycles. The Balaban J connectivity index is 0.000000240. The molecule has 22 nitrogen and oxygen atoms in total. The number of thioether (sulfide) groups is 1. The second kappa shape index (κ2) is 31.5. The van der Waals surface area contributed by atoms with Gasteiger partial charge in [-0.05, 0) is 156 Å². The molecular formula is C65H62Cl3N9O13S3. The number of aromatic hydroxyl groups is 3. The smallest absolute Gasteiger partial charge is 0.318 e. The minimum Gasteiger partial charge on any atom is -0.508 e. The number of hydrazone groups is 1. The number of aryl methyl sites for hydroxylation is 6. The largest absolute Gasteiger partial charge is 0.508 e. The van der Waals surface area contributed by atoms with Gasteiger partial charge < -0.3 is 55.0 Å². The monoisotopic (exact) mass is 1380 g/mol. The number of ether oxygens (including phenoxy) is 5. The Bertz CT molecular complexity index is 4190. The van der Waals surface area contributed by atoms with E-state index in [1.54, 1.807) is 69.3 Å². The van der Waals surface area contributed by atoms with Crippen LogP contribution in [0.5, 0.6) is 46.0 Å². The van der Waals surface area contributed by atoms with Gasteiger partial charge in [-0.2, -0.15) is 15.2 Å². The molecular weight excluding hydrogens is 1320 g/mol. The van der Waals surface area contributed by atoms with E-state index < -0.39 is 46.6 Å². The first-order chi connectivity index (χ1) is 44.3. The van der Waals surface area contributed by atoms with Gasteiger partial charge in [0.1, 0.15) is 33.9 Å². The number of nitrogens with zero attached hydrogens (tertiary/aromatic N) is 6. The summed E-state index contributed by atoms with van der Waals surface area (Å²) in [7, 11) is 2.85. The lowest BCUT2D eigenvalue weighted by Gasteiger charge is -2.19. The molecule has 0 bridgehead atoms. The molecule has 1 aliphatic rings. The third-order valence-corrected chi connectivity index (χ3v) is 17.8.